The van der Waals surface area contributed by atoms with Gasteiger partial charge in [-0.15, -0.1) is 0 Å². The minimum Gasteiger partial charge on any atom is -0.300 e. The predicted molar refractivity (Wildman–Crippen MR) is 149 cm³/mol. The normalized spacial score (nSPS) is 10.3. The summed E-state index contributed by atoms with van der Waals surface area (Å²) in [6, 6.07) is 40.9. The largest absolute Gasteiger partial charge is 0.300 e. The van der Waals surface area contributed by atoms with Gasteiger partial charge in [-0.1, -0.05) is 121 Å². The number of carbonyl (C=O) groups is 2. The third-order valence-corrected chi connectivity index (χ3v) is 6.45. The van der Waals surface area contributed by atoms with E-state index < -0.39 is 0 Å². The Hall–Kier alpha value is -3.12. The van der Waals surface area contributed by atoms with Crippen molar-refractivity contribution in [2.45, 2.75) is 39.5 Å². The summed E-state index contributed by atoms with van der Waals surface area (Å²) in [7, 11) is 0. The van der Waals surface area contributed by atoms with Crippen molar-refractivity contribution in [2.75, 3.05) is 0 Å². The van der Waals surface area contributed by atoms with E-state index in [4.69, 9.17) is 0 Å². The molecule has 0 aliphatic heterocycles. The van der Waals surface area contributed by atoms with Gasteiger partial charge in [-0.2, -0.15) is 0 Å². The third kappa shape index (κ3) is 11.2. The minimum atomic E-state index is 0. The Morgan fingerprint density at radius 2 is 0.622 bits per heavy atom. The van der Waals surface area contributed by atoms with Crippen LogP contribution in [0.2, 0.25) is 0 Å². The Morgan fingerprint density at radius 3 is 0.784 bits per heavy atom. The standard InChI is InChI=1S/2C17H18O.Pd/c2*1-14(18)17(12-15-8-4-2-5-9-15)13-16-10-6-3-7-11-16;/h2*2-11,17H,12-13H2,1H3;. The van der Waals surface area contributed by atoms with Crippen molar-refractivity contribution in [1.82, 2.24) is 0 Å². The molecule has 0 spiro atoms. The molecule has 0 atom stereocenters. The molecule has 0 bridgehead atoms. The van der Waals surface area contributed by atoms with Crippen LogP contribution in [0.5, 0.6) is 0 Å². The molecule has 0 N–H and O–H groups in total. The van der Waals surface area contributed by atoms with Crippen LogP contribution < -0.4 is 0 Å². The zero-order chi connectivity index (χ0) is 25.6. The van der Waals surface area contributed by atoms with Crippen molar-refractivity contribution in [3.63, 3.8) is 0 Å². The van der Waals surface area contributed by atoms with Crippen molar-refractivity contribution in [1.29, 1.82) is 0 Å². The third-order valence-electron chi connectivity index (χ3n) is 6.45. The van der Waals surface area contributed by atoms with Crippen molar-refractivity contribution in [3.8, 4) is 0 Å². The van der Waals surface area contributed by atoms with Gasteiger partial charge in [0.15, 0.2) is 0 Å². The first-order valence-electron chi connectivity index (χ1n) is 12.7. The van der Waals surface area contributed by atoms with Gasteiger partial charge in [-0.05, 0) is 61.8 Å². The molecule has 0 aromatic heterocycles. The van der Waals surface area contributed by atoms with Crippen LogP contribution in [0.3, 0.4) is 0 Å². The average Bonchev–Trinajstić information content (AvgIpc) is 2.91. The predicted octanol–water partition coefficient (Wildman–Crippen LogP) is 7.35. The van der Waals surface area contributed by atoms with E-state index in [0.717, 1.165) is 25.7 Å². The molecule has 4 aromatic rings. The molecule has 0 unspecified atom stereocenters. The van der Waals surface area contributed by atoms with E-state index in [-0.39, 0.29) is 43.8 Å². The van der Waals surface area contributed by atoms with Gasteiger partial charge < -0.3 is 0 Å². The summed E-state index contributed by atoms with van der Waals surface area (Å²) in [4.78, 5) is 23.5. The fraction of sp³-hybridized carbons (Fsp3) is 0.235. The second-order valence-corrected chi connectivity index (χ2v) is 9.37. The Morgan fingerprint density at radius 1 is 0.432 bits per heavy atom. The molecular formula is C34H36O2Pd. The molecule has 37 heavy (non-hydrogen) atoms. The van der Waals surface area contributed by atoms with Gasteiger partial charge in [-0.25, -0.2) is 0 Å². The summed E-state index contributed by atoms with van der Waals surface area (Å²) >= 11 is 0. The van der Waals surface area contributed by atoms with Crippen molar-refractivity contribution >= 4 is 11.6 Å². The Balaban J connectivity index is 0.000000253. The Kier molecular flexibility index (Phi) is 13.5. The molecule has 0 heterocycles. The number of hydrogen-bond donors (Lipinski definition) is 0. The number of carbonyl (C=O) groups excluding carboxylic acids is 2. The number of rotatable bonds is 10. The van der Waals surface area contributed by atoms with E-state index in [1.165, 1.54) is 22.3 Å². The van der Waals surface area contributed by atoms with E-state index in [0.29, 0.717) is 0 Å². The maximum absolute atomic E-state index is 11.8. The zero-order valence-electron chi connectivity index (χ0n) is 21.7. The number of ketones is 2. The van der Waals surface area contributed by atoms with Gasteiger partial charge in [0.05, 0.1) is 0 Å². The topological polar surface area (TPSA) is 34.1 Å². The second-order valence-electron chi connectivity index (χ2n) is 9.37. The molecule has 0 saturated heterocycles. The SMILES string of the molecule is CC(=O)C(Cc1ccccc1)Cc1ccccc1.CC(=O)C(Cc1ccccc1)Cc1ccccc1.[Pd]. The van der Waals surface area contributed by atoms with E-state index in [1.54, 1.807) is 13.8 Å². The molecular weight excluding hydrogens is 547 g/mol. The van der Waals surface area contributed by atoms with Gasteiger partial charge in [0, 0.05) is 32.3 Å². The fourth-order valence-corrected chi connectivity index (χ4v) is 4.31. The van der Waals surface area contributed by atoms with Crippen LogP contribution in [0.1, 0.15) is 36.1 Å². The van der Waals surface area contributed by atoms with E-state index in [9.17, 15) is 9.59 Å². The van der Waals surface area contributed by atoms with Crippen LogP contribution in [0, 0.1) is 11.8 Å². The molecule has 0 amide bonds. The van der Waals surface area contributed by atoms with Gasteiger partial charge in [-0.3, -0.25) is 9.59 Å². The summed E-state index contributed by atoms with van der Waals surface area (Å²) in [6.07, 6.45) is 3.30. The zero-order valence-corrected chi connectivity index (χ0v) is 23.2. The van der Waals surface area contributed by atoms with Crippen LogP contribution in [0.4, 0.5) is 0 Å². The number of Topliss-reactive ketones (excluding diaryl/α,β-unsaturated/α-hetero) is 2. The first kappa shape index (κ1) is 30.1. The summed E-state index contributed by atoms with van der Waals surface area (Å²) in [5.41, 5.74) is 4.92. The Labute approximate surface area is 235 Å². The molecule has 0 aliphatic carbocycles. The van der Waals surface area contributed by atoms with Crippen molar-refractivity contribution < 1.29 is 30.0 Å². The minimum absolute atomic E-state index is 0. The monoisotopic (exact) mass is 582 g/mol. The maximum Gasteiger partial charge on any atom is 0.133 e. The first-order chi connectivity index (χ1) is 17.5. The second kappa shape index (κ2) is 16.6. The summed E-state index contributed by atoms with van der Waals surface area (Å²) in [6.45, 7) is 3.38. The smallest absolute Gasteiger partial charge is 0.133 e. The molecule has 4 aromatic carbocycles. The molecule has 194 valence electrons. The average molecular weight is 583 g/mol. The fourth-order valence-electron chi connectivity index (χ4n) is 4.31. The molecule has 4 rings (SSSR count). The molecule has 2 nitrogen and oxygen atoms in total. The molecule has 3 heteroatoms. The van der Waals surface area contributed by atoms with Crippen LogP contribution in [0.25, 0.3) is 0 Å². The molecule has 0 fully saturated rings. The van der Waals surface area contributed by atoms with Gasteiger partial charge in [0.1, 0.15) is 11.6 Å². The number of hydrogen-bond acceptors (Lipinski definition) is 2. The van der Waals surface area contributed by atoms with Crippen LogP contribution in [-0.2, 0) is 55.7 Å². The maximum atomic E-state index is 11.8. The summed E-state index contributed by atoms with van der Waals surface area (Å²) in [5.74, 6) is 0.690. The quantitative estimate of drug-likeness (QED) is 0.183. The van der Waals surface area contributed by atoms with Crippen molar-refractivity contribution in [2.24, 2.45) is 11.8 Å². The van der Waals surface area contributed by atoms with E-state index in [2.05, 4.69) is 48.5 Å². The summed E-state index contributed by atoms with van der Waals surface area (Å²) < 4.78 is 0. The van der Waals surface area contributed by atoms with Crippen molar-refractivity contribution in [3.05, 3.63) is 144 Å². The van der Waals surface area contributed by atoms with E-state index >= 15 is 0 Å². The number of benzene rings is 4. The first-order valence-corrected chi connectivity index (χ1v) is 12.7. The van der Waals surface area contributed by atoms with Gasteiger partial charge in [0.25, 0.3) is 0 Å². The van der Waals surface area contributed by atoms with Crippen LogP contribution in [-0.4, -0.2) is 11.6 Å². The summed E-state index contributed by atoms with van der Waals surface area (Å²) in [5, 5.41) is 0. The van der Waals surface area contributed by atoms with Gasteiger partial charge >= 0.3 is 0 Å². The van der Waals surface area contributed by atoms with Crippen LogP contribution >= 0.6 is 0 Å². The molecule has 0 aliphatic rings. The molecule has 0 saturated carbocycles. The van der Waals surface area contributed by atoms with E-state index in [1.807, 2.05) is 72.8 Å². The Bertz CT molecular complexity index is 996. The van der Waals surface area contributed by atoms with Crippen LogP contribution in [0.15, 0.2) is 121 Å². The molecule has 0 radical (unpaired) electrons. The van der Waals surface area contributed by atoms with Gasteiger partial charge in [0.2, 0.25) is 0 Å².